The summed E-state index contributed by atoms with van der Waals surface area (Å²) in [4.78, 5) is 17.8. The fourth-order valence-electron chi connectivity index (χ4n) is 1.57. The minimum Gasteiger partial charge on any atom is -0.494 e. The first kappa shape index (κ1) is 15.0. The lowest BCUT2D eigenvalue weighted by Gasteiger charge is -2.08. The molecule has 0 unspecified atom stereocenters. The Labute approximate surface area is 126 Å². The molecule has 2 rings (SSSR count). The molecular weight excluding hydrogens is 296 g/mol. The van der Waals surface area contributed by atoms with Gasteiger partial charge < -0.3 is 10.1 Å². The lowest BCUT2D eigenvalue weighted by molar-refractivity contribution is -0.384. The summed E-state index contributed by atoms with van der Waals surface area (Å²) in [5.74, 6) is 0.778. The highest BCUT2D eigenvalue weighted by Gasteiger charge is 2.17. The van der Waals surface area contributed by atoms with Crippen molar-refractivity contribution in [3.05, 3.63) is 45.9 Å². The van der Waals surface area contributed by atoms with Crippen LogP contribution < -0.4 is 10.1 Å². The number of aromatic nitrogens is 2. The standard InChI is InChI=1S/C13H13ClN4O3/c1-2-7-21-10-5-3-9(4-6-10)16-12-11(18(19)20)8-15-13(14)17-12/h3-6,8H,2,7H2,1H3,(H,15,16,17). The second kappa shape index (κ2) is 6.85. The van der Waals surface area contributed by atoms with Crippen LogP contribution in [-0.4, -0.2) is 21.5 Å². The van der Waals surface area contributed by atoms with Crippen LogP contribution in [0, 0.1) is 10.1 Å². The number of rotatable bonds is 6. The molecule has 1 heterocycles. The molecule has 8 heteroatoms. The van der Waals surface area contributed by atoms with Crippen LogP contribution in [0.2, 0.25) is 5.28 Å². The van der Waals surface area contributed by atoms with Crippen LogP contribution in [0.1, 0.15) is 13.3 Å². The smallest absolute Gasteiger partial charge is 0.329 e. The monoisotopic (exact) mass is 308 g/mol. The van der Waals surface area contributed by atoms with Crippen LogP contribution in [0.15, 0.2) is 30.5 Å². The Morgan fingerprint density at radius 3 is 2.71 bits per heavy atom. The van der Waals surface area contributed by atoms with Gasteiger partial charge in [0.25, 0.3) is 0 Å². The largest absolute Gasteiger partial charge is 0.494 e. The molecule has 0 saturated carbocycles. The number of nitrogens with one attached hydrogen (secondary N) is 1. The first-order valence-corrected chi connectivity index (χ1v) is 6.64. The summed E-state index contributed by atoms with van der Waals surface area (Å²) in [7, 11) is 0. The lowest BCUT2D eigenvalue weighted by atomic mass is 10.3. The summed E-state index contributed by atoms with van der Waals surface area (Å²) < 4.78 is 5.46. The van der Waals surface area contributed by atoms with E-state index in [9.17, 15) is 10.1 Å². The van der Waals surface area contributed by atoms with Crippen molar-refractivity contribution in [2.24, 2.45) is 0 Å². The molecule has 0 aliphatic rings. The van der Waals surface area contributed by atoms with Gasteiger partial charge in [0.05, 0.1) is 11.5 Å². The Morgan fingerprint density at radius 2 is 2.10 bits per heavy atom. The Hall–Kier alpha value is -2.41. The minimum atomic E-state index is -0.572. The van der Waals surface area contributed by atoms with E-state index in [1.165, 1.54) is 0 Å². The van der Waals surface area contributed by atoms with Gasteiger partial charge in [0.2, 0.25) is 11.1 Å². The first-order valence-electron chi connectivity index (χ1n) is 6.27. The normalized spacial score (nSPS) is 10.2. The Morgan fingerprint density at radius 1 is 1.38 bits per heavy atom. The van der Waals surface area contributed by atoms with E-state index < -0.39 is 4.92 Å². The maximum absolute atomic E-state index is 10.9. The number of ether oxygens (including phenoxy) is 1. The van der Waals surface area contributed by atoms with Gasteiger partial charge >= 0.3 is 5.69 Å². The summed E-state index contributed by atoms with van der Waals surface area (Å²) in [6, 6.07) is 7.02. The molecule has 0 atom stereocenters. The van der Waals surface area contributed by atoms with Crippen molar-refractivity contribution in [3.8, 4) is 5.75 Å². The molecule has 1 aromatic heterocycles. The topological polar surface area (TPSA) is 90.2 Å². The summed E-state index contributed by atoms with van der Waals surface area (Å²) in [6.45, 7) is 2.66. The average Bonchev–Trinajstić information content (AvgIpc) is 2.46. The number of halogens is 1. The zero-order chi connectivity index (χ0) is 15.2. The SMILES string of the molecule is CCCOc1ccc(Nc2nc(Cl)ncc2[N+](=O)[O-])cc1. The van der Waals surface area contributed by atoms with Gasteiger partial charge in [0, 0.05) is 5.69 Å². The minimum absolute atomic E-state index is 0.0437. The van der Waals surface area contributed by atoms with Crippen molar-refractivity contribution in [2.75, 3.05) is 11.9 Å². The average molecular weight is 309 g/mol. The van der Waals surface area contributed by atoms with Crippen molar-refractivity contribution in [1.29, 1.82) is 0 Å². The first-order chi connectivity index (χ1) is 10.1. The number of nitro groups is 1. The summed E-state index contributed by atoms with van der Waals surface area (Å²) in [5, 5.41) is 13.7. The van der Waals surface area contributed by atoms with Crippen molar-refractivity contribution in [2.45, 2.75) is 13.3 Å². The maximum atomic E-state index is 10.9. The molecule has 2 aromatic rings. The third kappa shape index (κ3) is 4.03. The number of hydrogen-bond donors (Lipinski definition) is 1. The maximum Gasteiger partial charge on any atom is 0.329 e. The van der Waals surface area contributed by atoms with Gasteiger partial charge in [-0.05, 0) is 42.3 Å². The second-order valence-electron chi connectivity index (χ2n) is 4.13. The van der Waals surface area contributed by atoms with Gasteiger partial charge in [-0.2, -0.15) is 4.98 Å². The van der Waals surface area contributed by atoms with E-state index in [-0.39, 0.29) is 16.8 Å². The third-order valence-electron chi connectivity index (χ3n) is 2.53. The molecule has 0 saturated heterocycles. The summed E-state index contributed by atoms with van der Waals surface area (Å²) in [5.41, 5.74) is 0.391. The molecule has 7 nitrogen and oxygen atoms in total. The molecule has 0 aliphatic carbocycles. The van der Waals surface area contributed by atoms with Crippen molar-refractivity contribution in [3.63, 3.8) is 0 Å². The highest BCUT2D eigenvalue weighted by Crippen LogP contribution is 2.26. The molecular formula is C13H13ClN4O3. The van der Waals surface area contributed by atoms with Crippen molar-refractivity contribution in [1.82, 2.24) is 9.97 Å². The predicted octanol–water partition coefficient (Wildman–Crippen LogP) is 3.57. The van der Waals surface area contributed by atoms with E-state index >= 15 is 0 Å². The van der Waals surface area contributed by atoms with E-state index in [1.54, 1.807) is 24.3 Å². The van der Waals surface area contributed by atoms with Gasteiger partial charge in [-0.25, -0.2) is 4.98 Å². The van der Waals surface area contributed by atoms with E-state index in [1.807, 2.05) is 6.92 Å². The zero-order valence-electron chi connectivity index (χ0n) is 11.2. The number of nitrogens with zero attached hydrogens (tertiary/aromatic N) is 3. The molecule has 110 valence electrons. The van der Waals surface area contributed by atoms with Crippen LogP contribution in [-0.2, 0) is 0 Å². The number of benzene rings is 1. The van der Waals surface area contributed by atoms with Gasteiger partial charge in [-0.15, -0.1) is 0 Å². The number of hydrogen-bond acceptors (Lipinski definition) is 6. The highest BCUT2D eigenvalue weighted by atomic mass is 35.5. The van der Waals surface area contributed by atoms with Crippen molar-refractivity contribution < 1.29 is 9.66 Å². The molecule has 0 fully saturated rings. The molecule has 21 heavy (non-hydrogen) atoms. The fourth-order valence-corrected chi connectivity index (χ4v) is 1.70. The van der Waals surface area contributed by atoms with Gasteiger partial charge in [-0.1, -0.05) is 6.92 Å². The molecule has 1 N–H and O–H groups in total. The molecule has 0 spiro atoms. The summed E-state index contributed by atoms with van der Waals surface area (Å²) in [6.07, 6.45) is 1.99. The lowest BCUT2D eigenvalue weighted by Crippen LogP contribution is -2.01. The molecule has 0 amide bonds. The third-order valence-corrected chi connectivity index (χ3v) is 2.71. The second-order valence-corrected chi connectivity index (χ2v) is 4.47. The van der Waals surface area contributed by atoms with E-state index in [4.69, 9.17) is 16.3 Å². The molecule has 0 radical (unpaired) electrons. The molecule has 0 bridgehead atoms. The van der Waals surface area contributed by atoms with Crippen LogP contribution in [0.4, 0.5) is 17.2 Å². The predicted molar refractivity (Wildman–Crippen MR) is 79.2 cm³/mol. The van der Waals surface area contributed by atoms with E-state index in [2.05, 4.69) is 15.3 Å². The van der Waals surface area contributed by atoms with Crippen LogP contribution in [0.5, 0.6) is 5.75 Å². The van der Waals surface area contributed by atoms with E-state index in [0.29, 0.717) is 12.3 Å². The van der Waals surface area contributed by atoms with Gasteiger partial charge in [0.1, 0.15) is 11.9 Å². The van der Waals surface area contributed by atoms with Crippen molar-refractivity contribution >= 4 is 28.8 Å². The number of anilines is 2. The van der Waals surface area contributed by atoms with Crippen LogP contribution >= 0.6 is 11.6 Å². The molecule has 0 aliphatic heterocycles. The Kier molecular flexibility index (Phi) is 4.89. The Balaban J connectivity index is 2.18. The van der Waals surface area contributed by atoms with Crippen LogP contribution in [0.25, 0.3) is 0 Å². The van der Waals surface area contributed by atoms with Gasteiger partial charge in [-0.3, -0.25) is 10.1 Å². The zero-order valence-corrected chi connectivity index (χ0v) is 12.0. The fraction of sp³-hybridized carbons (Fsp3) is 0.231. The van der Waals surface area contributed by atoms with Gasteiger partial charge in [0.15, 0.2) is 0 Å². The van der Waals surface area contributed by atoms with E-state index in [0.717, 1.165) is 18.4 Å². The quantitative estimate of drug-likeness (QED) is 0.498. The highest BCUT2D eigenvalue weighted by molar-refractivity contribution is 6.28. The van der Waals surface area contributed by atoms with Crippen LogP contribution in [0.3, 0.4) is 0 Å². The molecule has 1 aromatic carbocycles. The Bertz CT molecular complexity index is 634. The summed E-state index contributed by atoms with van der Waals surface area (Å²) >= 11 is 5.67.